The van der Waals surface area contributed by atoms with E-state index < -0.39 is 0 Å². The van der Waals surface area contributed by atoms with Crippen LogP contribution in [0.2, 0.25) is 0 Å². The number of nitrogens with zero attached hydrogens (tertiary/aromatic N) is 2. The van der Waals surface area contributed by atoms with Crippen molar-refractivity contribution >= 4 is 44.7 Å². The molecule has 0 radical (unpaired) electrons. The fourth-order valence-electron chi connectivity index (χ4n) is 4.23. The number of amides is 1. The van der Waals surface area contributed by atoms with Gasteiger partial charge in [0.05, 0.1) is 11.1 Å². The normalized spacial score (nSPS) is 14.1. The van der Waals surface area contributed by atoms with Crippen LogP contribution in [0.25, 0.3) is 0 Å². The lowest BCUT2D eigenvalue weighted by atomic mass is 10.1. The van der Waals surface area contributed by atoms with Crippen LogP contribution in [-0.2, 0) is 4.79 Å². The van der Waals surface area contributed by atoms with Gasteiger partial charge in [0.2, 0.25) is 0 Å². The van der Waals surface area contributed by atoms with Crippen molar-refractivity contribution in [3.8, 4) is 11.5 Å². The number of nitrogens with one attached hydrogen (secondary N) is 1. The van der Waals surface area contributed by atoms with Crippen molar-refractivity contribution in [1.82, 2.24) is 9.80 Å². The molecule has 1 heterocycles. The number of halogens is 1. The molecule has 0 unspecified atom stereocenters. The lowest BCUT2D eigenvalue weighted by Gasteiger charge is -2.35. The van der Waals surface area contributed by atoms with Crippen LogP contribution in [0.5, 0.6) is 11.5 Å². The molecule has 0 aliphatic carbocycles. The van der Waals surface area contributed by atoms with Crippen molar-refractivity contribution in [3.05, 3.63) is 51.0 Å². The number of likely N-dealkylation sites (N-methyl/N-ethyl adjacent to an activating group) is 1. The Labute approximate surface area is 216 Å². The molecule has 2 aromatic rings. The van der Waals surface area contributed by atoms with Gasteiger partial charge in [-0.15, -0.1) is 0 Å². The van der Waals surface area contributed by atoms with E-state index in [1.807, 2.05) is 39.8 Å². The quantitative estimate of drug-likeness (QED) is 0.464. The first-order valence-electron chi connectivity index (χ1n) is 11.7. The first kappa shape index (κ1) is 26.4. The Balaban J connectivity index is 1.72. The number of ether oxygens (including phenoxy) is 2. The van der Waals surface area contributed by atoms with Gasteiger partial charge in [0.15, 0.2) is 18.1 Å². The highest BCUT2D eigenvalue weighted by Gasteiger charge is 2.22. The number of thiocarbonyl (C=S) groups is 1. The van der Waals surface area contributed by atoms with Crippen molar-refractivity contribution in [3.63, 3.8) is 0 Å². The number of piperazine rings is 1. The smallest absolute Gasteiger partial charge is 0.262 e. The van der Waals surface area contributed by atoms with Crippen molar-refractivity contribution in [1.29, 1.82) is 0 Å². The van der Waals surface area contributed by atoms with Crippen LogP contribution in [0.15, 0.2) is 28.7 Å². The number of carbonyl (C=O) groups excluding carboxylic acids is 1. The molecule has 1 aliphatic heterocycles. The number of carbonyl (C=O) groups is 1. The lowest BCUT2D eigenvalue weighted by Crippen LogP contribution is -2.48. The SMILES string of the molecule is CCOc1cc(C(=S)N2CCN(CC)CC2)cc(Br)c1OCC(=O)Nc1c(C)cc(C)cc1C. The van der Waals surface area contributed by atoms with Crippen molar-refractivity contribution in [2.24, 2.45) is 0 Å². The summed E-state index contributed by atoms with van der Waals surface area (Å²) in [6.07, 6.45) is 0. The van der Waals surface area contributed by atoms with Gasteiger partial charge in [0.1, 0.15) is 4.99 Å². The van der Waals surface area contributed by atoms with E-state index in [1.54, 1.807) is 0 Å². The first-order valence-corrected chi connectivity index (χ1v) is 12.9. The molecule has 184 valence electrons. The molecule has 3 rings (SSSR count). The third kappa shape index (κ3) is 6.49. The summed E-state index contributed by atoms with van der Waals surface area (Å²) in [4.78, 5) is 18.1. The van der Waals surface area contributed by atoms with Crippen LogP contribution in [-0.4, -0.2) is 66.6 Å². The Morgan fingerprint density at radius 3 is 2.26 bits per heavy atom. The van der Waals surface area contributed by atoms with Crippen molar-refractivity contribution < 1.29 is 14.3 Å². The Kier molecular flexibility index (Phi) is 9.33. The van der Waals surface area contributed by atoms with Gasteiger partial charge in [-0.25, -0.2) is 0 Å². The monoisotopic (exact) mass is 547 g/mol. The highest BCUT2D eigenvalue weighted by Crippen LogP contribution is 2.37. The van der Waals surface area contributed by atoms with Crippen LogP contribution >= 0.6 is 28.1 Å². The number of hydrogen-bond donors (Lipinski definition) is 1. The second-order valence-corrected chi connectivity index (χ2v) is 9.80. The molecule has 1 fully saturated rings. The van der Waals surface area contributed by atoms with Crippen molar-refractivity contribution in [2.75, 3.05) is 51.3 Å². The Morgan fingerprint density at radius 1 is 1.03 bits per heavy atom. The molecule has 0 bridgehead atoms. The largest absolute Gasteiger partial charge is 0.490 e. The molecule has 8 heteroatoms. The Morgan fingerprint density at radius 2 is 1.68 bits per heavy atom. The second-order valence-electron chi connectivity index (χ2n) is 8.56. The minimum absolute atomic E-state index is 0.131. The zero-order chi connectivity index (χ0) is 24.8. The predicted octanol–water partition coefficient (Wildman–Crippen LogP) is 5.10. The molecule has 34 heavy (non-hydrogen) atoms. The van der Waals surface area contributed by atoms with Gasteiger partial charge in [0.25, 0.3) is 5.91 Å². The van der Waals surface area contributed by atoms with Crippen LogP contribution in [0.1, 0.15) is 36.1 Å². The summed E-state index contributed by atoms with van der Waals surface area (Å²) in [7, 11) is 0. The molecule has 0 aromatic heterocycles. The van der Waals surface area contributed by atoms with Crippen LogP contribution < -0.4 is 14.8 Å². The van der Waals surface area contributed by atoms with Gasteiger partial charge in [-0.05, 0) is 73.4 Å². The first-order chi connectivity index (χ1) is 16.2. The van der Waals surface area contributed by atoms with Crippen LogP contribution in [0.3, 0.4) is 0 Å². The summed E-state index contributed by atoms with van der Waals surface area (Å²) in [6, 6.07) is 7.96. The average molecular weight is 549 g/mol. The van der Waals surface area contributed by atoms with Gasteiger partial charge in [-0.2, -0.15) is 0 Å². The summed E-state index contributed by atoms with van der Waals surface area (Å²) in [5.74, 6) is 0.839. The van der Waals surface area contributed by atoms with Gasteiger partial charge in [-0.1, -0.05) is 36.8 Å². The highest BCUT2D eigenvalue weighted by atomic mass is 79.9. The Bertz CT molecular complexity index is 1030. The zero-order valence-corrected chi connectivity index (χ0v) is 23.1. The number of hydrogen-bond acceptors (Lipinski definition) is 5. The molecule has 1 N–H and O–H groups in total. The van der Waals surface area contributed by atoms with E-state index in [9.17, 15) is 4.79 Å². The highest BCUT2D eigenvalue weighted by molar-refractivity contribution is 9.10. The predicted molar refractivity (Wildman–Crippen MR) is 145 cm³/mol. The van der Waals surface area contributed by atoms with Gasteiger partial charge in [0, 0.05) is 37.4 Å². The standard InChI is InChI=1S/C26H34BrN3O3S/c1-6-29-8-10-30(11-9-29)26(34)20-14-21(27)25(22(15-20)32-7-2)33-16-23(31)28-24-18(4)12-17(3)13-19(24)5/h12-15H,6-11,16H2,1-5H3,(H,28,31). The van der Waals surface area contributed by atoms with E-state index in [-0.39, 0.29) is 12.5 Å². The summed E-state index contributed by atoms with van der Waals surface area (Å²) < 4.78 is 12.5. The number of anilines is 1. The number of aryl methyl sites for hydroxylation is 3. The lowest BCUT2D eigenvalue weighted by molar-refractivity contribution is -0.118. The Hall–Kier alpha value is -2.16. The van der Waals surface area contributed by atoms with Crippen LogP contribution in [0, 0.1) is 20.8 Å². The van der Waals surface area contributed by atoms with Crippen molar-refractivity contribution in [2.45, 2.75) is 34.6 Å². The fourth-order valence-corrected chi connectivity index (χ4v) is 5.09. The third-order valence-electron chi connectivity index (χ3n) is 5.95. The molecule has 2 aromatic carbocycles. The maximum atomic E-state index is 12.7. The van der Waals surface area contributed by atoms with E-state index >= 15 is 0 Å². The molecule has 1 amide bonds. The molecule has 1 aliphatic rings. The zero-order valence-electron chi connectivity index (χ0n) is 20.7. The third-order valence-corrected chi connectivity index (χ3v) is 7.04. The average Bonchev–Trinajstić information content (AvgIpc) is 2.80. The van der Waals surface area contributed by atoms with E-state index in [0.29, 0.717) is 22.6 Å². The molecule has 1 saturated heterocycles. The minimum Gasteiger partial charge on any atom is -0.490 e. The minimum atomic E-state index is -0.224. The summed E-state index contributed by atoms with van der Waals surface area (Å²) in [5, 5.41) is 2.98. The molecular formula is C26H34BrN3O3S. The van der Waals surface area contributed by atoms with Gasteiger partial charge >= 0.3 is 0 Å². The molecule has 0 spiro atoms. The van der Waals surface area contributed by atoms with E-state index in [2.05, 4.69) is 50.1 Å². The molecule has 0 saturated carbocycles. The second kappa shape index (κ2) is 12.0. The molecule has 6 nitrogen and oxygen atoms in total. The fraction of sp³-hybridized carbons (Fsp3) is 0.462. The maximum absolute atomic E-state index is 12.7. The van der Waals surface area contributed by atoms with Crippen LogP contribution in [0.4, 0.5) is 5.69 Å². The summed E-state index contributed by atoms with van der Waals surface area (Å²) in [6.45, 7) is 15.4. The maximum Gasteiger partial charge on any atom is 0.262 e. The van der Waals surface area contributed by atoms with Gasteiger partial charge in [-0.3, -0.25) is 4.79 Å². The molecule has 0 atom stereocenters. The summed E-state index contributed by atoms with van der Waals surface area (Å²) >= 11 is 9.41. The van der Waals surface area contributed by atoms with E-state index in [1.165, 1.54) is 5.56 Å². The number of benzene rings is 2. The van der Waals surface area contributed by atoms with E-state index in [0.717, 1.165) is 60.1 Å². The van der Waals surface area contributed by atoms with E-state index in [4.69, 9.17) is 21.7 Å². The summed E-state index contributed by atoms with van der Waals surface area (Å²) in [5.41, 5.74) is 4.95. The topological polar surface area (TPSA) is 54.0 Å². The number of rotatable bonds is 8. The van der Waals surface area contributed by atoms with Gasteiger partial charge < -0.3 is 24.6 Å². The molecular weight excluding hydrogens is 514 g/mol.